The number of carbonyl (C=O) groups excluding carboxylic acids is 1. The van der Waals surface area contributed by atoms with Crippen LogP contribution in [0, 0.1) is 5.92 Å². The zero-order chi connectivity index (χ0) is 14.0. The molecule has 0 amide bonds. The first-order chi connectivity index (χ1) is 9.02. The van der Waals surface area contributed by atoms with Gasteiger partial charge in [0.15, 0.2) is 0 Å². The van der Waals surface area contributed by atoms with E-state index in [0.29, 0.717) is 19.4 Å². The molecule has 2 unspecified atom stereocenters. The van der Waals surface area contributed by atoms with Gasteiger partial charge in [0, 0.05) is 12.6 Å². The number of nitrogens with zero attached hydrogens (tertiary/aromatic N) is 1. The molecule has 108 valence electrons. The number of carbonyl (C=O) groups is 1. The maximum Gasteiger partial charge on any atom is 0.310 e. The second kappa shape index (κ2) is 5.63. The number of rotatable bonds is 6. The molecule has 0 aliphatic heterocycles. The number of hydrogen-bond acceptors (Lipinski definition) is 4. The molecule has 2 atom stereocenters. The van der Waals surface area contributed by atoms with Gasteiger partial charge in [0.25, 0.3) is 0 Å². The minimum absolute atomic E-state index is 0.0990. The molecule has 0 radical (unpaired) electrons. The minimum atomic E-state index is -3.44. The Hall–Kier alpha value is -0.880. The molecule has 19 heavy (non-hydrogen) atoms. The van der Waals surface area contributed by atoms with E-state index in [1.807, 2.05) is 0 Å². The van der Waals surface area contributed by atoms with Crippen LogP contribution in [0.2, 0.25) is 0 Å². The Labute approximate surface area is 114 Å². The Bertz CT molecular complexity index is 455. The number of esters is 1. The van der Waals surface area contributed by atoms with Crippen LogP contribution in [0.25, 0.3) is 0 Å². The molecule has 2 saturated carbocycles. The van der Waals surface area contributed by atoms with Crippen LogP contribution in [0.5, 0.6) is 0 Å². The van der Waals surface area contributed by atoms with Crippen molar-refractivity contribution in [1.82, 2.24) is 4.31 Å². The molecule has 0 aromatic carbocycles. The fourth-order valence-corrected chi connectivity index (χ4v) is 5.24. The highest BCUT2D eigenvalue weighted by Gasteiger charge is 2.47. The maximum atomic E-state index is 12.7. The summed E-state index contributed by atoms with van der Waals surface area (Å²) in [5.41, 5.74) is 0. The Morgan fingerprint density at radius 2 is 2.05 bits per heavy atom. The number of ether oxygens (including phenoxy) is 1. The Morgan fingerprint density at radius 3 is 2.58 bits per heavy atom. The van der Waals surface area contributed by atoms with Crippen molar-refractivity contribution in [3.05, 3.63) is 12.7 Å². The average Bonchev–Trinajstić information content (AvgIpc) is 3.09. The third-order valence-corrected chi connectivity index (χ3v) is 6.36. The van der Waals surface area contributed by atoms with E-state index in [2.05, 4.69) is 6.58 Å². The van der Waals surface area contributed by atoms with Crippen molar-refractivity contribution in [2.24, 2.45) is 5.92 Å². The number of sulfonamides is 1. The van der Waals surface area contributed by atoms with Gasteiger partial charge in [0.05, 0.1) is 18.3 Å². The quantitative estimate of drug-likeness (QED) is 0.546. The van der Waals surface area contributed by atoms with E-state index in [9.17, 15) is 13.2 Å². The SMILES string of the molecule is C=CCN(C1CC1)S(=O)(=O)C1CCCC1C(=O)OC. The molecule has 0 saturated heterocycles. The monoisotopic (exact) mass is 287 g/mol. The van der Waals surface area contributed by atoms with Crippen LogP contribution >= 0.6 is 0 Å². The topological polar surface area (TPSA) is 63.7 Å². The van der Waals surface area contributed by atoms with Gasteiger partial charge in [-0.15, -0.1) is 6.58 Å². The van der Waals surface area contributed by atoms with Crippen LogP contribution in [-0.2, 0) is 19.6 Å². The summed E-state index contributed by atoms with van der Waals surface area (Å²) in [6, 6.07) is 0.0990. The summed E-state index contributed by atoms with van der Waals surface area (Å²) in [5.74, 6) is -0.915. The normalized spacial score (nSPS) is 27.5. The molecule has 0 bridgehead atoms. The number of hydrogen-bond donors (Lipinski definition) is 0. The molecule has 2 aliphatic rings. The van der Waals surface area contributed by atoms with Crippen molar-refractivity contribution in [2.75, 3.05) is 13.7 Å². The van der Waals surface area contributed by atoms with Crippen molar-refractivity contribution in [1.29, 1.82) is 0 Å². The van der Waals surface area contributed by atoms with Crippen LogP contribution < -0.4 is 0 Å². The molecular weight excluding hydrogens is 266 g/mol. The molecule has 5 nitrogen and oxygen atoms in total. The molecule has 6 heteroatoms. The van der Waals surface area contributed by atoms with Gasteiger partial charge in [-0.05, 0) is 25.7 Å². The van der Waals surface area contributed by atoms with Crippen LogP contribution in [-0.4, -0.2) is 43.6 Å². The van der Waals surface area contributed by atoms with E-state index in [0.717, 1.165) is 19.3 Å². The lowest BCUT2D eigenvalue weighted by Crippen LogP contribution is -2.43. The predicted octanol–water partition coefficient (Wildman–Crippen LogP) is 1.31. The highest BCUT2D eigenvalue weighted by Crippen LogP contribution is 2.38. The van der Waals surface area contributed by atoms with Crippen LogP contribution in [0.1, 0.15) is 32.1 Å². The average molecular weight is 287 g/mol. The van der Waals surface area contributed by atoms with Crippen molar-refractivity contribution in [3.63, 3.8) is 0 Å². The van der Waals surface area contributed by atoms with Crippen molar-refractivity contribution in [3.8, 4) is 0 Å². The van der Waals surface area contributed by atoms with Gasteiger partial charge in [-0.3, -0.25) is 4.79 Å². The zero-order valence-electron chi connectivity index (χ0n) is 11.2. The van der Waals surface area contributed by atoms with E-state index >= 15 is 0 Å². The van der Waals surface area contributed by atoms with Gasteiger partial charge in [-0.1, -0.05) is 12.5 Å². The Kier molecular flexibility index (Phi) is 4.30. The fourth-order valence-electron chi connectivity index (χ4n) is 2.83. The van der Waals surface area contributed by atoms with E-state index < -0.39 is 27.2 Å². The summed E-state index contributed by atoms with van der Waals surface area (Å²) in [6.07, 6.45) is 5.32. The van der Waals surface area contributed by atoms with Crippen molar-refractivity contribution in [2.45, 2.75) is 43.4 Å². The lowest BCUT2D eigenvalue weighted by atomic mass is 10.1. The Morgan fingerprint density at radius 1 is 1.37 bits per heavy atom. The van der Waals surface area contributed by atoms with Crippen molar-refractivity contribution >= 4 is 16.0 Å². The molecule has 0 N–H and O–H groups in total. The van der Waals surface area contributed by atoms with Crippen molar-refractivity contribution < 1.29 is 17.9 Å². The van der Waals surface area contributed by atoms with Gasteiger partial charge in [-0.2, -0.15) is 4.31 Å². The molecule has 0 aromatic heterocycles. The standard InChI is InChI=1S/C13H21NO4S/c1-3-9-14(10-7-8-10)19(16,17)12-6-4-5-11(12)13(15)18-2/h3,10-12H,1,4-9H2,2H3. The largest absolute Gasteiger partial charge is 0.469 e. The third kappa shape index (κ3) is 2.84. The first-order valence-corrected chi connectivity index (χ1v) is 8.22. The summed E-state index contributed by atoms with van der Waals surface area (Å²) < 4.78 is 31.7. The molecule has 2 fully saturated rings. The van der Waals surface area contributed by atoms with Gasteiger partial charge >= 0.3 is 5.97 Å². The second-order valence-electron chi connectivity index (χ2n) is 5.23. The molecule has 0 aromatic rings. The van der Waals surface area contributed by atoms with Gasteiger partial charge in [-0.25, -0.2) is 8.42 Å². The highest BCUT2D eigenvalue weighted by atomic mass is 32.2. The highest BCUT2D eigenvalue weighted by molar-refractivity contribution is 7.89. The molecule has 2 rings (SSSR count). The predicted molar refractivity (Wildman–Crippen MR) is 72.0 cm³/mol. The minimum Gasteiger partial charge on any atom is -0.469 e. The molecule has 0 spiro atoms. The van der Waals surface area contributed by atoms with Crippen LogP contribution in [0.3, 0.4) is 0 Å². The van der Waals surface area contributed by atoms with Gasteiger partial charge in [0.1, 0.15) is 0 Å². The summed E-state index contributed by atoms with van der Waals surface area (Å²) in [7, 11) is -2.13. The number of methoxy groups -OCH3 is 1. The lowest BCUT2D eigenvalue weighted by Gasteiger charge is -2.26. The second-order valence-corrected chi connectivity index (χ2v) is 7.34. The van der Waals surface area contributed by atoms with E-state index in [1.165, 1.54) is 11.4 Å². The third-order valence-electron chi connectivity index (χ3n) is 3.93. The molecule has 2 aliphatic carbocycles. The summed E-state index contributed by atoms with van der Waals surface area (Å²) in [5, 5.41) is -0.625. The Balaban J connectivity index is 2.21. The molecule has 0 heterocycles. The smallest absolute Gasteiger partial charge is 0.310 e. The first kappa shape index (κ1) is 14.5. The van der Waals surface area contributed by atoms with Gasteiger partial charge < -0.3 is 4.74 Å². The van der Waals surface area contributed by atoms with Gasteiger partial charge in [0.2, 0.25) is 10.0 Å². The van der Waals surface area contributed by atoms with E-state index in [1.54, 1.807) is 6.08 Å². The summed E-state index contributed by atoms with van der Waals surface area (Å²) in [6.45, 7) is 3.95. The first-order valence-electron chi connectivity index (χ1n) is 6.71. The van der Waals surface area contributed by atoms with Crippen LogP contribution in [0.15, 0.2) is 12.7 Å². The van der Waals surface area contributed by atoms with E-state index in [4.69, 9.17) is 4.74 Å². The van der Waals surface area contributed by atoms with E-state index in [-0.39, 0.29) is 6.04 Å². The molecular formula is C13H21NO4S. The summed E-state index contributed by atoms with van der Waals surface area (Å²) >= 11 is 0. The van der Waals surface area contributed by atoms with Crippen LogP contribution in [0.4, 0.5) is 0 Å². The maximum absolute atomic E-state index is 12.7. The lowest BCUT2D eigenvalue weighted by molar-refractivity contribution is -0.145. The fraction of sp³-hybridized carbons (Fsp3) is 0.769. The zero-order valence-corrected chi connectivity index (χ0v) is 12.1. The summed E-state index contributed by atoms with van der Waals surface area (Å²) in [4.78, 5) is 11.7.